The molecule has 1 aromatic rings. The molecule has 0 bridgehead atoms. The fraction of sp³-hybridized carbons (Fsp3) is 0.625. The number of unbranched alkanes of at least 4 members (excludes halogenated alkanes) is 1. The second kappa shape index (κ2) is 5.70. The minimum atomic E-state index is -0.744. The quantitative estimate of drug-likeness (QED) is 0.920. The summed E-state index contributed by atoms with van der Waals surface area (Å²) in [4.78, 5) is 2.11. The zero-order valence-electron chi connectivity index (χ0n) is 12.7. The van der Waals surface area contributed by atoms with E-state index in [0.29, 0.717) is 11.3 Å². The lowest BCUT2D eigenvalue weighted by Crippen LogP contribution is -2.57. The molecule has 1 N–H and O–H groups in total. The number of fused-ring (bicyclic) bond motifs is 1. The summed E-state index contributed by atoms with van der Waals surface area (Å²) in [6.45, 7) is 6.96. The number of halogens is 1. The SMILES string of the molecule is CCCCN(C)C1C(O)c2cc(F)ccc2OC1(C)C. The molecule has 0 fully saturated rings. The molecule has 112 valence electrons. The van der Waals surface area contributed by atoms with Crippen LogP contribution in [0.15, 0.2) is 18.2 Å². The van der Waals surface area contributed by atoms with Gasteiger partial charge in [0.05, 0.1) is 6.04 Å². The number of hydrogen-bond acceptors (Lipinski definition) is 3. The second-order valence-corrected chi connectivity index (χ2v) is 6.11. The number of likely N-dealkylation sites (N-methyl/N-ethyl adjacent to an activating group) is 1. The van der Waals surface area contributed by atoms with Crippen LogP contribution in [0.3, 0.4) is 0 Å². The summed E-state index contributed by atoms with van der Waals surface area (Å²) in [5.41, 5.74) is 0.0184. The topological polar surface area (TPSA) is 32.7 Å². The molecular weight excluding hydrogens is 257 g/mol. The zero-order valence-corrected chi connectivity index (χ0v) is 12.7. The van der Waals surface area contributed by atoms with Gasteiger partial charge in [0.2, 0.25) is 0 Å². The van der Waals surface area contributed by atoms with E-state index in [1.807, 2.05) is 20.9 Å². The van der Waals surface area contributed by atoms with E-state index < -0.39 is 11.7 Å². The molecule has 0 spiro atoms. The van der Waals surface area contributed by atoms with Crippen LogP contribution < -0.4 is 4.74 Å². The van der Waals surface area contributed by atoms with Gasteiger partial charge in [-0.25, -0.2) is 4.39 Å². The lowest BCUT2D eigenvalue weighted by Gasteiger charge is -2.47. The van der Waals surface area contributed by atoms with Crippen molar-refractivity contribution >= 4 is 0 Å². The average Bonchev–Trinajstić information content (AvgIpc) is 2.36. The van der Waals surface area contributed by atoms with Crippen LogP contribution in [0.25, 0.3) is 0 Å². The van der Waals surface area contributed by atoms with Crippen LogP contribution >= 0.6 is 0 Å². The number of aliphatic hydroxyl groups excluding tert-OH is 1. The van der Waals surface area contributed by atoms with E-state index in [-0.39, 0.29) is 11.9 Å². The molecule has 0 saturated carbocycles. The summed E-state index contributed by atoms with van der Waals surface area (Å²) in [6, 6.07) is 4.14. The highest BCUT2D eigenvalue weighted by atomic mass is 19.1. The Kier molecular flexibility index (Phi) is 4.35. The molecule has 0 radical (unpaired) electrons. The van der Waals surface area contributed by atoms with Gasteiger partial charge in [-0.05, 0) is 52.1 Å². The molecule has 0 amide bonds. The van der Waals surface area contributed by atoms with Gasteiger partial charge in [0, 0.05) is 5.56 Å². The fourth-order valence-corrected chi connectivity index (χ4v) is 3.06. The third kappa shape index (κ3) is 2.81. The number of ether oxygens (including phenoxy) is 1. The number of nitrogens with zero attached hydrogens (tertiary/aromatic N) is 1. The lowest BCUT2D eigenvalue weighted by atomic mass is 9.85. The first-order chi connectivity index (χ1) is 9.36. The van der Waals surface area contributed by atoms with Crippen molar-refractivity contribution in [2.24, 2.45) is 0 Å². The Bertz CT molecular complexity index is 476. The van der Waals surface area contributed by atoms with Crippen LogP contribution in [0.2, 0.25) is 0 Å². The van der Waals surface area contributed by atoms with E-state index in [1.54, 1.807) is 6.07 Å². The maximum absolute atomic E-state index is 13.4. The molecule has 1 aliphatic rings. The first-order valence-electron chi connectivity index (χ1n) is 7.23. The van der Waals surface area contributed by atoms with Gasteiger partial charge in [0.25, 0.3) is 0 Å². The number of aliphatic hydroxyl groups is 1. The van der Waals surface area contributed by atoms with Crippen molar-refractivity contribution in [3.05, 3.63) is 29.6 Å². The van der Waals surface area contributed by atoms with Crippen molar-refractivity contribution in [1.82, 2.24) is 4.90 Å². The highest BCUT2D eigenvalue weighted by Crippen LogP contribution is 2.41. The molecule has 0 saturated heterocycles. The Morgan fingerprint density at radius 2 is 2.10 bits per heavy atom. The zero-order chi connectivity index (χ0) is 14.9. The first-order valence-corrected chi connectivity index (χ1v) is 7.23. The normalized spacial score (nSPS) is 24.4. The smallest absolute Gasteiger partial charge is 0.126 e. The third-order valence-corrected chi connectivity index (χ3v) is 4.01. The van der Waals surface area contributed by atoms with Gasteiger partial charge in [0.15, 0.2) is 0 Å². The Labute approximate surface area is 120 Å². The van der Waals surface area contributed by atoms with Gasteiger partial charge >= 0.3 is 0 Å². The summed E-state index contributed by atoms with van der Waals surface area (Å²) in [6.07, 6.45) is 1.41. The highest BCUT2D eigenvalue weighted by Gasteiger charge is 2.45. The monoisotopic (exact) mass is 281 g/mol. The maximum Gasteiger partial charge on any atom is 0.126 e. The van der Waals surface area contributed by atoms with Crippen molar-refractivity contribution in [1.29, 1.82) is 0 Å². The van der Waals surface area contributed by atoms with E-state index in [9.17, 15) is 9.50 Å². The molecule has 1 heterocycles. The minimum absolute atomic E-state index is 0.191. The van der Waals surface area contributed by atoms with E-state index in [1.165, 1.54) is 12.1 Å². The molecule has 1 aliphatic heterocycles. The fourth-order valence-electron chi connectivity index (χ4n) is 3.06. The van der Waals surface area contributed by atoms with Crippen molar-refractivity contribution in [3.63, 3.8) is 0 Å². The summed E-state index contributed by atoms with van der Waals surface area (Å²) < 4.78 is 19.4. The predicted octanol–water partition coefficient (Wildman–Crippen LogP) is 3.13. The van der Waals surface area contributed by atoms with Crippen molar-refractivity contribution in [2.45, 2.75) is 51.4 Å². The van der Waals surface area contributed by atoms with Crippen LogP contribution in [-0.2, 0) is 0 Å². The maximum atomic E-state index is 13.4. The molecule has 3 nitrogen and oxygen atoms in total. The van der Waals surface area contributed by atoms with Crippen LogP contribution in [0.4, 0.5) is 4.39 Å². The molecule has 4 heteroatoms. The standard InChI is InChI=1S/C16H24FNO2/c1-5-6-9-18(4)15-14(19)12-10-11(17)7-8-13(12)20-16(15,2)3/h7-8,10,14-15,19H,5-6,9H2,1-4H3. The third-order valence-electron chi connectivity index (χ3n) is 4.01. The molecular formula is C16H24FNO2. The Balaban J connectivity index is 2.33. The molecule has 0 aromatic heterocycles. The van der Waals surface area contributed by atoms with Crippen molar-refractivity contribution in [3.8, 4) is 5.75 Å². The Morgan fingerprint density at radius 1 is 1.40 bits per heavy atom. The van der Waals surface area contributed by atoms with Gasteiger partial charge < -0.3 is 9.84 Å². The average molecular weight is 281 g/mol. The van der Waals surface area contributed by atoms with Gasteiger partial charge in [-0.1, -0.05) is 13.3 Å². The van der Waals surface area contributed by atoms with E-state index in [0.717, 1.165) is 19.4 Å². The largest absolute Gasteiger partial charge is 0.486 e. The highest BCUT2D eigenvalue weighted by molar-refractivity contribution is 5.40. The number of benzene rings is 1. The van der Waals surface area contributed by atoms with Crippen LogP contribution in [0, 0.1) is 5.82 Å². The van der Waals surface area contributed by atoms with Gasteiger partial charge in [-0.15, -0.1) is 0 Å². The first kappa shape index (κ1) is 15.3. The second-order valence-electron chi connectivity index (χ2n) is 6.11. The van der Waals surface area contributed by atoms with Gasteiger partial charge in [0.1, 0.15) is 23.3 Å². The summed E-state index contributed by atoms with van der Waals surface area (Å²) in [7, 11) is 1.99. The van der Waals surface area contributed by atoms with Crippen LogP contribution in [0.5, 0.6) is 5.75 Å². The molecule has 2 rings (SSSR count). The van der Waals surface area contributed by atoms with Crippen LogP contribution in [-0.4, -0.2) is 35.2 Å². The molecule has 2 atom stereocenters. The molecule has 2 unspecified atom stereocenters. The molecule has 1 aromatic carbocycles. The summed E-state index contributed by atoms with van der Waals surface area (Å²) in [5, 5.41) is 10.7. The summed E-state index contributed by atoms with van der Waals surface area (Å²) >= 11 is 0. The van der Waals surface area contributed by atoms with Crippen molar-refractivity contribution in [2.75, 3.05) is 13.6 Å². The lowest BCUT2D eigenvalue weighted by molar-refractivity contribution is -0.0751. The Morgan fingerprint density at radius 3 is 2.75 bits per heavy atom. The molecule has 0 aliphatic carbocycles. The number of rotatable bonds is 4. The molecule has 20 heavy (non-hydrogen) atoms. The van der Waals surface area contributed by atoms with Gasteiger partial charge in [-0.3, -0.25) is 4.90 Å². The number of hydrogen-bond donors (Lipinski definition) is 1. The van der Waals surface area contributed by atoms with E-state index in [2.05, 4.69) is 11.8 Å². The Hall–Kier alpha value is -1.13. The van der Waals surface area contributed by atoms with E-state index >= 15 is 0 Å². The predicted molar refractivity (Wildman–Crippen MR) is 77.4 cm³/mol. The van der Waals surface area contributed by atoms with Gasteiger partial charge in [-0.2, -0.15) is 0 Å². The van der Waals surface area contributed by atoms with E-state index in [4.69, 9.17) is 4.74 Å². The van der Waals surface area contributed by atoms with Crippen LogP contribution in [0.1, 0.15) is 45.3 Å². The minimum Gasteiger partial charge on any atom is -0.486 e. The summed E-state index contributed by atoms with van der Waals surface area (Å²) in [5.74, 6) is 0.227. The van der Waals surface area contributed by atoms with Crippen molar-refractivity contribution < 1.29 is 14.2 Å².